The third kappa shape index (κ3) is 6.46. The van der Waals surface area contributed by atoms with Crippen LogP contribution in [0, 0.1) is 35.5 Å². The lowest BCUT2D eigenvalue weighted by Gasteiger charge is -2.42. The second kappa shape index (κ2) is 11.9. The third-order valence-electron chi connectivity index (χ3n) is 8.20. The fraction of sp³-hybridized carbons (Fsp3) is 0.786. The molecule has 0 bridgehead atoms. The van der Waals surface area contributed by atoms with E-state index in [1.807, 2.05) is 12.1 Å². The van der Waals surface area contributed by atoms with E-state index in [1.165, 1.54) is 0 Å². The average Bonchev–Trinajstić information content (AvgIpc) is 2.78. The van der Waals surface area contributed by atoms with Crippen molar-refractivity contribution >= 4 is 7.60 Å². The van der Waals surface area contributed by atoms with Crippen LogP contribution < -0.4 is 4.74 Å². The molecule has 2 aliphatic rings. The summed E-state index contributed by atoms with van der Waals surface area (Å²) < 4.78 is 33.3. The van der Waals surface area contributed by atoms with Gasteiger partial charge in [0.25, 0.3) is 0 Å². The Morgan fingerprint density at radius 1 is 0.853 bits per heavy atom. The molecule has 194 valence electrons. The van der Waals surface area contributed by atoms with Crippen LogP contribution in [0.4, 0.5) is 0 Å². The molecule has 0 saturated heterocycles. The summed E-state index contributed by atoms with van der Waals surface area (Å²) in [5.41, 5.74) is 0.461. The van der Waals surface area contributed by atoms with Gasteiger partial charge < -0.3 is 18.9 Å². The van der Waals surface area contributed by atoms with Crippen molar-refractivity contribution in [1.82, 2.24) is 0 Å². The molecule has 34 heavy (non-hydrogen) atoms. The maximum atomic E-state index is 14.7. The van der Waals surface area contributed by atoms with Gasteiger partial charge in [0.1, 0.15) is 5.75 Å². The molecule has 3 rings (SSSR count). The lowest BCUT2D eigenvalue weighted by molar-refractivity contribution is -0.0155. The molecule has 1 aromatic carbocycles. The molecule has 2 aliphatic carbocycles. The van der Waals surface area contributed by atoms with Crippen LogP contribution in [0.3, 0.4) is 0 Å². The van der Waals surface area contributed by atoms with Crippen molar-refractivity contribution in [2.45, 2.75) is 98.1 Å². The van der Waals surface area contributed by atoms with Gasteiger partial charge in [-0.15, -0.1) is 0 Å². The monoisotopic (exact) mass is 494 g/mol. The second-order valence-electron chi connectivity index (χ2n) is 11.6. The van der Waals surface area contributed by atoms with Crippen LogP contribution in [0.1, 0.15) is 91.5 Å². The highest BCUT2D eigenvalue weighted by Gasteiger charge is 2.47. The van der Waals surface area contributed by atoms with Gasteiger partial charge in [0.2, 0.25) is 0 Å². The SMILES string of the molecule is COc1ccccc1[C@H](O)P(=O)(O[C@@H]1C[C@H](C)CC[C@@H]1C(C)C)O[C@@H]1C[C@@H](C)CC[C@@H]1C(C)C. The van der Waals surface area contributed by atoms with Gasteiger partial charge in [-0.3, -0.25) is 4.57 Å². The lowest BCUT2D eigenvalue weighted by atomic mass is 9.75. The minimum Gasteiger partial charge on any atom is -0.496 e. The molecule has 0 aromatic heterocycles. The fourth-order valence-corrected chi connectivity index (χ4v) is 8.11. The highest BCUT2D eigenvalue weighted by molar-refractivity contribution is 7.54. The third-order valence-corrected chi connectivity index (χ3v) is 10.2. The van der Waals surface area contributed by atoms with E-state index in [-0.39, 0.29) is 12.2 Å². The van der Waals surface area contributed by atoms with Gasteiger partial charge in [0, 0.05) is 5.56 Å². The van der Waals surface area contributed by atoms with Crippen LogP contribution >= 0.6 is 7.60 Å². The minimum atomic E-state index is -3.94. The van der Waals surface area contributed by atoms with E-state index in [9.17, 15) is 9.67 Å². The van der Waals surface area contributed by atoms with E-state index >= 15 is 0 Å². The number of aliphatic hydroxyl groups excluding tert-OH is 1. The molecule has 1 unspecified atom stereocenters. The van der Waals surface area contributed by atoms with Crippen LogP contribution in [0.2, 0.25) is 0 Å². The normalized spacial score (nSPS) is 33.0. The van der Waals surface area contributed by atoms with E-state index in [4.69, 9.17) is 13.8 Å². The Bertz CT molecular complexity index is 787. The minimum absolute atomic E-state index is 0.197. The predicted molar refractivity (Wildman–Crippen MR) is 138 cm³/mol. The van der Waals surface area contributed by atoms with Crippen molar-refractivity contribution in [2.24, 2.45) is 35.5 Å². The molecule has 1 N–H and O–H groups in total. The van der Waals surface area contributed by atoms with Crippen molar-refractivity contribution in [3.63, 3.8) is 0 Å². The number of ether oxygens (including phenoxy) is 1. The Morgan fingerprint density at radius 2 is 1.32 bits per heavy atom. The zero-order valence-corrected chi connectivity index (χ0v) is 23.2. The number of hydrogen-bond donors (Lipinski definition) is 1. The number of methoxy groups -OCH3 is 1. The predicted octanol–water partition coefficient (Wildman–Crippen LogP) is 7.83. The summed E-state index contributed by atoms with van der Waals surface area (Å²) in [6.07, 6.45) is 5.67. The molecule has 2 saturated carbocycles. The molecular formula is C28H47O5P. The van der Waals surface area contributed by atoms with Gasteiger partial charge in [-0.1, -0.05) is 72.6 Å². The van der Waals surface area contributed by atoms with Crippen LogP contribution in [0.15, 0.2) is 24.3 Å². The Morgan fingerprint density at radius 3 is 1.76 bits per heavy atom. The number of benzene rings is 1. The van der Waals surface area contributed by atoms with Crippen molar-refractivity contribution in [1.29, 1.82) is 0 Å². The first-order valence-corrected chi connectivity index (χ1v) is 14.9. The summed E-state index contributed by atoms with van der Waals surface area (Å²) in [5, 5.41) is 11.6. The maximum absolute atomic E-state index is 14.7. The maximum Gasteiger partial charge on any atom is 0.364 e. The van der Waals surface area contributed by atoms with Crippen LogP contribution in [0.25, 0.3) is 0 Å². The molecule has 0 aliphatic heterocycles. The number of rotatable bonds is 9. The number of aliphatic hydroxyl groups is 1. The Balaban J connectivity index is 1.98. The van der Waals surface area contributed by atoms with E-state index in [1.54, 1.807) is 19.2 Å². The Labute approximate surface area is 207 Å². The molecule has 6 heteroatoms. The first-order valence-electron chi connectivity index (χ1n) is 13.3. The molecule has 0 heterocycles. The van der Waals surface area contributed by atoms with Gasteiger partial charge in [0.15, 0.2) is 5.85 Å². The highest BCUT2D eigenvalue weighted by Crippen LogP contribution is 2.65. The topological polar surface area (TPSA) is 65.0 Å². The van der Waals surface area contributed by atoms with Crippen molar-refractivity contribution in [2.75, 3.05) is 7.11 Å². The quantitative estimate of drug-likeness (QED) is 0.354. The van der Waals surface area contributed by atoms with Gasteiger partial charge in [-0.05, 0) is 67.3 Å². The standard InChI is InChI=1S/C28H47O5P/c1-18(2)22-14-12-20(5)16-26(22)32-34(30,28(29)24-10-8-9-11-25(24)31-7)33-27-17-21(6)13-15-23(27)19(3)4/h8-11,18-23,26-29H,12-17H2,1-7H3/t20-,21+,22-,23-,26-,27-,28-,34?/m1/s1. The zero-order chi connectivity index (χ0) is 25.0. The van der Waals surface area contributed by atoms with Gasteiger partial charge >= 0.3 is 7.60 Å². The molecule has 0 spiro atoms. The van der Waals surface area contributed by atoms with E-state index in [2.05, 4.69) is 41.5 Å². The second-order valence-corrected chi connectivity index (χ2v) is 13.6. The lowest BCUT2D eigenvalue weighted by Crippen LogP contribution is -2.37. The molecule has 2 fully saturated rings. The fourth-order valence-electron chi connectivity index (χ4n) is 6.04. The zero-order valence-electron chi connectivity index (χ0n) is 22.3. The number of para-hydroxylation sites is 1. The highest BCUT2D eigenvalue weighted by atomic mass is 31.2. The van der Waals surface area contributed by atoms with Crippen LogP contribution in [0.5, 0.6) is 5.75 Å². The average molecular weight is 495 g/mol. The summed E-state index contributed by atoms with van der Waals surface area (Å²) in [4.78, 5) is 0. The first kappa shape index (κ1) is 27.7. The van der Waals surface area contributed by atoms with E-state index < -0.39 is 13.4 Å². The van der Waals surface area contributed by atoms with Gasteiger partial charge in [-0.2, -0.15) is 0 Å². The molecule has 0 amide bonds. The van der Waals surface area contributed by atoms with Crippen molar-refractivity contribution < 1.29 is 23.5 Å². The Kier molecular flexibility index (Phi) is 9.71. The van der Waals surface area contributed by atoms with E-state index in [0.29, 0.717) is 46.8 Å². The van der Waals surface area contributed by atoms with E-state index in [0.717, 1.165) is 38.5 Å². The van der Waals surface area contributed by atoms with Gasteiger partial charge in [-0.25, -0.2) is 0 Å². The molecule has 1 aromatic rings. The largest absolute Gasteiger partial charge is 0.496 e. The van der Waals surface area contributed by atoms with Crippen molar-refractivity contribution in [3.8, 4) is 5.75 Å². The summed E-state index contributed by atoms with van der Waals surface area (Å²) in [6, 6.07) is 7.21. The van der Waals surface area contributed by atoms with Crippen LogP contribution in [-0.2, 0) is 13.6 Å². The number of hydrogen-bond acceptors (Lipinski definition) is 5. The first-order chi connectivity index (χ1) is 16.1. The summed E-state index contributed by atoms with van der Waals surface area (Å²) in [7, 11) is -2.38. The smallest absolute Gasteiger partial charge is 0.364 e. The molecule has 0 radical (unpaired) electrons. The van der Waals surface area contributed by atoms with Crippen molar-refractivity contribution in [3.05, 3.63) is 29.8 Å². The summed E-state index contributed by atoms with van der Waals surface area (Å²) >= 11 is 0. The van der Waals surface area contributed by atoms with Gasteiger partial charge in [0.05, 0.1) is 19.3 Å². The molecule has 8 atom stereocenters. The summed E-state index contributed by atoms with van der Waals surface area (Å²) in [6.45, 7) is 13.3. The van der Waals surface area contributed by atoms with Crippen LogP contribution in [-0.4, -0.2) is 24.4 Å². The molecule has 5 nitrogen and oxygen atoms in total. The Hall–Kier alpha value is -0.870. The summed E-state index contributed by atoms with van der Waals surface area (Å²) in [5.74, 6) is 1.51. The molecular weight excluding hydrogens is 447 g/mol.